The molecule has 172 valence electrons. The van der Waals surface area contributed by atoms with Gasteiger partial charge in [0.2, 0.25) is 5.91 Å². The molecular formula is C18H21F2N7O5. The van der Waals surface area contributed by atoms with E-state index in [0.29, 0.717) is 5.56 Å². The van der Waals surface area contributed by atoms with E-state index in [1.807, 2.05) is 0 Å². The fraction of sp³-hybridized carbons (Fsp3) is 0.444. The molecule has 1 aliphatic rings. The Morgan fingerprint density at radius 2 is 2.19 bits per heavy atom. The number of amides is 4. The van der Waals surface area contributed by atoms with E-state index >= 15 is 0 Å². The number of nitrogens with one attached hydrogen (secondary N) is 3. The molecule has 0 aromatic carbocycles. The van der Waals surface area contributed by atoms with Crippen molar-refractivity contribution in [3.05, 3.63) is 35.3 Å². The van der Waals surface area contributed by atoms with E-state index in [0.717, 1.165) is 4.90 Å². The Kier molecular flexibility index (Phi) is 6.92. The lowest BCUT2D eigenvalue weighted by molar-refractivity contribution is -0.115. The van der Waals surface area contributed by atoms with Crippen LogP contribution in [0.15, 0.2) is 23.0 Å². The number of carbonyl (C=O) groups excluding carboxylic acids is 3. The number of aromatic nitrogens is 3. The minimum atomic E-state index is -3.10. The summed E-state index contributed by atoms with van der Waals surface area (Å²) in [7, 11) is 1.38. The third-order valence-electron chi connectivity index (χ3n) is 4.57. The average molecular weight is 453 g/mol. The number of hydrogen-bond donors (Lipinski definition) is 3. The van der Waals surface area contributed by atoms with Crippen LogP contribution in [0.4, 0.5) is 19.4 Å². The smallest absolute Gasteiger partial charge is 0.318 e. The molecule has 0 saturated carbocycles. The van der Waals surface area contributed by atoms with Gasteiger partial charge in [-0.25, -0.2) is 23.2 Å². The van der Waals surface area contributed by atoms with Gasteiger partial charge in [0.05, 0.1) is 32.3 Å². The molecule has 14 heteroatoms. The van der Waals surface area contributed by atoms with Crippen molar-refractivity contribution >= 4 is 23.7 Å². The molecule has 1 unspecified atom stereocenters. The van der Waals surface area contributed by atoms with E-state index in [2.05, 4.69) is 35.9 Å². The monoisotopic (exact) mass is 453 g/mol. The molecule has 32 heavy (non-hydrogen) atoms. The number of urea groups is 1. The number of aryl methyl sites for hydroxylation is 1. The van der Waals surface area contributed by atoms with Crippen molar-refractivity contribution in [1.82, 2.24) is 30.8 Å². The molecule has 3 heterocycles. The average Bonchev–Trinajstić information content (AvgIpc) is 3.18. The second kappa shape index (κ2) is 9.64. The van der Waals surface area contributed by atoms with Crippen LogP contribution in [0.25, 0.3) is 0 Å². The third-order valence-corrected chi connectivity index (χ3v) is 4.57. The van der Waals surface area contributed by atoms with Crippen molar-refractivity contribution in [3.8, 4) is 0 Å². The first-order valence-corrected chi connectivity index (χ1v) is 9.44. The maximum Gasteiger partial charge on any atom is 0.318 e. The SMILES string of the molecule is COCC(c1ccnc(NC(=O)CNC(=O)c2nonc2C)c1)N1CC(F)(F)CNC1=O. The molecule has 0 spiro atoms. The second-order valence-corrected chi connectivity index (χ2v) is 7.02. The summed E-state index contributed by atoms with van der Waals surface area (Å²) in [6.07, 6.45) is 1.36. The lowest BCUT2D eigenvalue weighted by Gasteiger charge is -2.38. The first kappa shape index (κ1) is 23.0. The van der Waals surface area contributed by atoms with Crippen LogP contribution >= 0.6 is 0 Å². The van der Waals surface area contributed by atoms with E-state index in [-0.39, 0.29) is 30.4 Å². The number of pyridine rings is 1. The summed E-state index contributed by atoms with van der Waals surface area (Å²) in [4.78, 5) is 41.3. The van der Waals surface area contributed by atoms with Gasteiger partial charge in [0.1, 0.15) is 11.5 Å². The van der Waals surface area contributed by atoms with Gasteiger partial charge >= 0.3 is 6.03 Å². The molecule has 2 aromatic heterocycles. The molecule has 4 amide bonds. The normalized spacial score (nSPS) is 16.2. The van der Waals surface area contributed by atoms with Crippen LogP contribution < -0.4 is 16.0 Å². The first-order chi connectivity index (χ1) is 15.2. The van der Waals surface area contributed by atoms with Gasteiger partial charge in [0.25, 0.3) is 11.8 Å². The first-order valence-electron chi connectivity index (χ1n) is 9.44. The van der Waals surface area contributed by atoms with E-state index in [1.165, 1.54) is 32.4 Å². The Bertz CT molecular complexity index is 1000. The predicted octanol–water partition coefficient (Wildman–Crippen LogP) is 0.490. The Balaban J connectivity index is 1.67. The zero-order valence-corrected chi connectivity index (χ0v) is 17.2. The summed E-state index contributed by atoms with van der Waals surface area (Å²) >= 11 is 0. The fourth-order valence-corrected chi connectivity index (χ4v) is 3.05. The minimum absolute atomic E-state index is 0.0445. The Morgan fingerprint density at radius 1 is 1.41 bits per heavy atom. The minimum Gasteiger partial charge on any atom is -0.382 e. The van der Waals surface area contributed by atoms with Gasteiger partial charge in [-0.3, -0.25) is 9.59 Å². The molecule has 3 N–H and O–H groups in total. The molecule has 1 aliphatic heterocycles. The number of alkyl halides is 2. The number of anilines is 1. The van der Waals surface area contributed by atoms with E-state index < -0.39 is 42.9 Å². The van der Waals surface area contributed by atoms with Crippen LogP contribution in [0.1, 0.15) is 27.8 Å². The molecule has 0 radical (unpaired) electrons. The summed E-state index contributed by atoms with van der Waals surface area (Å²) < 4.78 is 37.3. The Labute approximate surface area is 180 Å². The van der Waals surface area contributed by atoms with Crippen molar-refractivity contribution in [3.63, 3.8) is 0 Å². The number of nitrogens with zero attached hydrogens (tertiary/aromatic N) is 4. The molecule has 1 fully saturated rings. The number of ether oxygens (including phenoxy) is 1. The predicted molar refractivity (Wildman–Crippen MR) is 104 cm³/mol. The highest BCUT2D eigenvalue weighted by Gasteiger charge is 2.42. The largest absolute Gasteiger partial charge is 0.382 e. The molecule has 2 aromatic rings. The summed E-state index contributed by atoms with van der Waals surface area (Å²) in [5, 5.41) is 13.9. The van der Waals surface area contributed by atoms with Crippen LogP contribution in [-0.4, -0.2) is 77.3 Å². The Hall–Kier alpha value is -3.68. The topological polar surface area (TPSA) is 152 Å². The van der Waals surface area contributed by atoms with Crippen LogP contribution in [0.5, 0.6) is 0 Å². The highest BCUT2D eigenvalue weighted by Crippen LogP contribution is 2.28. The number of methoxy groups -OCH3 is 1. The molecule has 0 bridgehead atoms. The van der Waals surface area contributed by atoms with Crippen molar-refractivity contribution in [2.75, 3.05) is 38.7 Å². The van der Waals surface area contributed by atoms with Gasteiger partial charge in [0, 0.05) is 13.3 Å². The van der Waals surface area contributed by atoms with E-state index in [1.54, 1.807) is 0 Å². The number of rotatable bonds is 8. The summed E-state index contributed by atoms with van der Waals surface area (Å²) in [5.74, 6) is -4.23. The number of halogens is 2. The van der Waals surface area contributed by atoms with Gasteiger partial charge in [-0.1, -0.05) is 5.16 Å². The zero-order chi connectivity index (χ0) is 23.3. The summed E-state index contributed by atoms with van der Waals surface area (Å²) in [5.41, 5.74) is 0.657. The molecular weight excluding hydrogens is 432 g/mol. The highest BCUT2D eigenvalue weighted by molar-refractivity contribution is 5.98. The molecule has 0 aliphatic carbocycles. The van der Waals surface area contributed by atoms with Crippen LogP contribution in [0, 0.1) is 6.92 Å². The maximum absolute atomic E-state index is 13.9. The van der Waals surface area contributed by atoms with Crippen LogP contribution in [0.3, 0.4) is 0 Å². The van der Waals surface area contributed by atoms with Crippen molar-refractivity contribution in [2.24, 2.45) is 0 Å². The lowest BCUT2D eigenvalue weighted by atomic mass is 10.1. The quantitative estimate of drug-likeness (QED) is 0.522. The fourth-order valence-electron chi connectivity index (χ4n) is 3.05. The maximum atomic E-state index is 13.9. The molecule has 1 atom stereocenters. The van der Waals surface area contributed by atoms with Gasteiger partial charge < -0.3 is 25.6 Å². The zero-order valence-electron chi connectivity index (χ0n) is 17.2. The van der Waals surface area contributed by atoms with Crippen LogP contribution in [-0.2, 0) is 9.53 Å². The van der Waals surface area contributed by atoms with Crippen molar-refractivity contribution < 1.29 is 32.5 Å². The summed E-state index contributed by atoms with van der Waals surface area (Å²) in [6.45, 7) is -0.439. The van der Waals surface area contributed by atoms with Crippen molar-refractivity contribution in [2.45, 2.75) is 18.9 Å². The number of hydrogen-bond acceptors (Lipinski definition) is 8. The van der Waals surface area contributed by atoms with Gasteiger partial charge in [-0.2, -0.15) is 0 Å². The standard InChI is InChI=1S/C18H21F2N7O5/c1-10-15(26-32-25-10)16(29)22-6-14(28)24-13-5-11(3-4-21-13)12(7-31-2)27-9-18(19,20)8-23-17(27)30/h3-5,12H,6-9H2,1-2H3,(H,22,29)(H,23,30)(H,21,24,28). The van der Waals surface area contributed by atoms with Gasteiger partial charge in [0.15, 0.2) is 5.69 Å². The third kappa shape index (κ3) is 5.51. The number of carbonyl (C=O) groups is 3. The van der Waals surface area contributed by atoms with E-state index in [4.69, 9.17) is 4.74 Å². The van der Waals surface area contributed by atoms with Crippen molar-refractivity contribution in [1.29, 1.82) is 0 Å². The van der Waals surface area contributed by atoms with Gasteiger partial charge in [-0.15, -0.1) is 0 Å². The van der Waals surface area contributed by atoms with Gasteiger partial charge in [-0.05, 0) is 29.8 Å². The Morgan fingerprint density at radius 3 is 2.88 bits per heavy atom. The van der Waals surface area contributed by atoms with E-state index in [9.17, 15) is 23.2 Å². The van der Waals surface area contributed by atoms with Crippen LogP contribution in [0.2, 0.25) is 0 Å². The molecule has 3 rings (SSSR count). The molecule has 1 saturated heterocycles. The summed E-state index contributed by atoms with van der Waals surface area (Å²) in [6, 6.07) is 1.48. The lowest BCUT2D eigenvalue weighted by Crippen LogP contribution is -2.58. The highest BCUT2D eigenvalue weighted by atomic mass is 19.3. The molecule has 12 nitrogen and oxygen atoms in total. The second-order valence-electron chi connectivity index (χ2n) is 7.02.